The number of carbonyl (C=O) groups excluding carboxylic acids is 2. The molecule has 0 bridgehead atoms. The molecule has 15 nitrogen and oxygen atoms in total. The maximum atomic E-state index is 14.6. The van der Waals surface area contributed by atoms with Crippen molar-refractivity contribution < 1.29 is 51.1 Å². The van der Waals surface area contributed by atoms with E-state index in [1.807, 2.05) is 82.8 Å². The predicted molar refractivity (Wildman–Crippen MR) is 316 cm³/mol. The lowest BCUT2D eigenvalue weighted by Gasteiger charge is -2.34. The zero-order valence-corrected chi connectivity index (χ0v) is 48.7. The number of aryl methyl sites for hydroxylation is 2. The smallest absolute Gasteiger partial charge is 0.265 e. The number of anilines is 3. The molecule has 2 amide bonds. The molecular weight excluding hydrogens is 1060 g/mol. The minimum Gasteiger partial charge on any atom is -0.493 e. The second kappa shape index (κ2) is 26.2. The molecule has 0 saturated heterocycles. The second-order valence-corrected chi connectivity index (χ2v) is 26.0. The van der Waals surface area contributed by atoms with Crippen LogP contribution in [-0.2, 0) is 63.3 Å². The van der Waals surface area contributed by atoms with Gasteiger partial charge in [-0.15, -0.1) is 0 Å². The minimum atomic E-state index is -4.40. The highest BCUT2D eigenvalue weighted by Gasteiger charge is 2.44. The van der Waals surface area contributed by atoms with Crippen molar-refractivity contribution in [3.63, 3.8) is 0 Å². The van der Waals surface area contributed by atoms with Crippen molar-refractivity contribution in [2.24, 2.45) is 11.1 Å². The number of amides is 2. The molecule has 3 atom stereocenters. The lowest BCUT2D eigenvalue weighted by molar-refractivity contribution is 0.0505. The zero-order valence-electron chi connectivity index (χ0n) is 46.2. The van der Waals surface area contributed by atoms with Gasteiger partial charge in [0.2, 0.25) is 0 Å². The molecule has 1 unspecified atom stereocenters. The quantitative estimate of drug-likeness (QED) is 0.0173. The average Bonchev–Trinajstić information content (AvgIpc) is 4.21. The van der Waals surface area contributed by atoms with E-state index in [-0.39, 0.29) is 42.2 Å². The van der Waals surface area contributed by atoms with Crippen molar-refractivity contribution >= 4 is 66.8 Å². The number of para-hydroxylation sites is 2. The van der Waals surface area contributed by atoms with Crippen LogP contribution in [0.5, 0.6) is 17.2 Å². The fourth-order valence-corrected chi connectivity index (χ4v) is 14.8. The Labute approximate surface area is 473 Å². The molecule has 79 heavy (non-hydrogen) atoms. The van der Waals surface area contributed by atoms with Gasteiger partial charge in [-0.05, 0) is 166 Å². The summed E-state index contributed by atoms with van der Waals surface area (Å²) in [5, 5.41) is 3.88. The van der Waals surface area contributed by atoms with Crippen molar-refractivity contribution in [2.45, 2.75) is 110 Å². The maximum absolute atomic E-state index is 14.6. The Morgan fingerprint density at radius 3 is 2.14 bits per heavy atom. The molecule has 9 rings (SSSR count). The Morgan fingerprint density at radius 2 is 1.43 bits per heavy atom. The van der Waals surface area contributed by atoms with E-state index in [2.05, 4.69) is 67.2 Å². The lowest BCUT2D eigenvalue weighted by atomic mass is 9.91. The van der Waals surface area contributed by atoms with E-state index in [9.17, 15) is 22.6 Å². The van der Waals surface area contributed by atoms with E-state index >= 15 is 0 Å². The van der Waals surface area contributed by atoms with Gasteiger partial charge in [-0.3, -0.25) is 14.1 Å². The molecule has 0 aliphatic carbocycles. The Morgan fingerprint density at radius 1 is 0.772 bits per heavy atom. The molecule has 4 aliphatic heterocycles. The summed E-state index contributed by atoms with van der Waals surface area (Å²) in [7, 11) is 0.787. The molecule has 0 fully saturated rings. The van der Waals surface area contributed by atoms with Gasteiger partial charge in [0.25, 0.3) is 21.9 Å². The molecule has 1 N–H and O–H groups in total. The molecule has 5 aromatic carbocycles. The SMILES string of the molecule is C/C=N/OCCCSSC(C)(C)CN(CCOCCOCCC)c1cc(COc2cc3c(cc2C)C(=O)N2c4ccccc4C[C@H]2CC3)cc(COc2cc3c(cc2OC)C(=O)N2c4ccccc4C[C@H]2C(CS(=O)(=O)O)C3)c1. The lowest BCUT2D eigenvalue weighted by Crippen LogP contribution is -2.43. The number of hydrogen-bond acceptors (Lipinski definition) is 14. The number of benzene rings is 5. The predicted octanol–water partition coefficient (Wildman–Crippen LogP) is 11.1. The Balaban J connectivity index is 1.02. The molecule has 0 saturated carbocycles. The summed E-state index contributed by atoms with van der Waals surface area (Å²) >= 11 is 0. The molecular formula is C61H74N4O11S3. The van der Waals surface area contributed by atoms with E-state index in [1.165, 1.54) is 12.7 Å². The van der Waals surface area contributed by atoms with Gasteiger partial charge in [-0.25, -0.2) is 0 Å². The van der Waals surface area contributed by atoms with Crippen LogP contribution in [0.25, 0.3) is 0 Å². The molecule has 18 heteroatoms. The Kier molecular flexibility index (Phi) is 19.2. The number of methoxy groups -OCH3 is 1. The Hall–Kier alpha value is -5.76. The summed E-state index contributed by atoms with van der Waals surface area (Å²) < 4.78 is 66.4. The van der Waals surface area contributed by atoms with Crippen molar-refractivity contribution in [3.05, 3.63) is 141 Å². The zero-order chi connectivity index (χ0) is 55.7. The minimum absolute atomic E-state index is 0.0314. The number of fused-ring (bicyclic) bond motifs is 8. The first-order chi connectivity index (χ1) is 38.1. The van der Waals surface area contributed by atoms with Crippen LogP contribution in [0.1, 0.15) is 107 Å². The summed E-state index contributed by atoms with van der Waals surface area (Å²) in [6, 6.07) is 29.3. The van der Waals surface area contributed by atoms with Crippen LogP contribution in [0.2, 0.25) is 0 Å². The third-order valence-electron chi connectivity index (χ3n) is 14.9. The van der Waals surface area contributed by atoms with Crippen molar-refractivity contribution in [3.8, 4) is 17.2 Å². The summed E-state index contributed by atoms with van der Waals surface area (Å²) in [5.74, 6) is 1.03. The molecule has 5 aromatic rings. The van der Waals surface area contributed by atoms with Gasteiger partial charge in [-0.2, -0.15) is 8.42 Å². The normalized spacial score (nSPS) is 17.6. The van der Waals surface area contributed by atoms with Gasteiger partial charge in [0.15, 0.2) is 11.5 Å². The summed E-state index contributed by atoms with van der Waals surface area (Å²) in [5.41, 5.74) is 10.2. The number of rotatable bonds is 27. The highest BCUT2D eigenvalue weighted by molar-refractivity contribution is 8.77. The van der Waals surface area contributed by atoms with Crippen LogP contribution < -0.4 is 28.9 Å². The molecule has 0 radical (unpaired) electrons. The summed E-state index contributed by atoms with van der Waals surface area (Å²) in [6.45, 7) is 14.7. The fourth-order valence-electron chi connectivity index (χ4n) is 11.3. The van der Waals surface area contributed by atoms with Gasteiger partial charge < -0.3 is 43.2 Å². The molecule has 0 spiro atoms. The van der Waals surface area contributed by atoms with Crippen molar-refractivity contribution in [1.29, 1.82) is 0 Å². The standard InChI is InChI=1S/C61H74N4O11S3/c1-7-21-72-24-25-73-23-20-63(40-61(4,5)78-77-26-13-22-76-62-8-2)50-29-42(37-74-56-34-44-18-19-49-32-45-14-9-11-16-53(45)64(49)59(66)51(44)27-41(56)3)28-43(30-50)38-75-58-35-47-31-48(39-79(68,69)70)55-33-46-15-10-12-17-54(46)65(55)60(67)52(47)36-57(58)71-6/h8-12,14-17,27-30,34-36,48-49,55H,7,13,18-26,31-33,37-40H2,1-6H3,(H,68,69,70)/b62-8+/t48?,49-,55+/m1/s1. The van der Waals surface area contributed by atoms with E-state index in [0.29, 0.717) is 75.2 Å². The van der Waals surface area contributed by atoms with E-state index < -0.39 is 27.8 Å². The van der Waals surface area contributed by atoms with Crippen LogP contribution in [0.4, 0.5) is 17.1 Å². The summed E-state index contributed by atoms with van der Waals surface area (Å²) in [6.07, 6.45) is 6.59. The van der Waals surface area contributed by atoms with Crippen LogP contribution in [0, 0.1) is 12.8 Å². The highest BCUT2D eigenvalue weighted by Crippen LogP contribution is 2.44. The fraction of sp³-hybridized carbons (Fsp3) is 0.459. The largest absolute Gasteiger partial charge is 0.493 e. The summed E-state index contributed by atoms with van der Waals surface area (Å²) in [4.78, 5) is 40.2. The first-order valence-corrected chi connectivity index (χ1v) is 31.4. The third kappa shape index (κ3) is 14.2. The van der Waals surface area contributed by atoms with Crippen LogP contribution in [0.15, 0.2) is 96.2 Å². The monoisotopic (exact) mass is 1130 g/mol. The van der Waals surface area contributed by atoms with Crippen molar-refractivity contribution in [2.75, 3.05) is 79.4 Å². The van der Waals surface area contributed by atoms with E-state index in [4.69, 9.17) is 28.5 Å². The number of hydrogen-bond donors (Lipinski definition) is 1. The van der Waals surface area contributed by atoms with Crippen molar-refractivity contribution in [1.82, 2.24) is 0 Å². The third-order valence-corrected chi connectivity index (χ3v) is 19.1. The van der Waals surface area contributed by atoms with Gasteiger partial charge in [0, 0.05) is 82.6 Å². The first kappa shape index (κ1) is 57.9. The van der Waals surface area contributed by atoms with E-state index in [0.717, 1.165) is 94.0 Å². The average molecular weight is 1140 g/mol. The highest BCUT2D eigenvalue weighted by atomic mass is 33.1. The van der Waals surface area contributed by atoms with Gasteiger partial charge >= 0.3 is 0 Å². The number of ether oxygens (including phenoxy) is 5. The van der Waals surface area contributed by atoms with Crippen LogP contribution >= 0.6 is 21.6 Å². The van der Waals surface area contributed by atoms with E-state index in [1.54, 1.807) is 23.2 Å². The molecule has 4 heterocycles. The Bertz CT molecular complexity index is 3120. The van der Waals surface area contributed by atoms with Gasteiger partial charge in [0.1, 0.15) is 25.6 Å². The molecule has 4 aliphatic rings. The van der Waals surface area contributed by atoms with Crippen LogP contribution in [0.3, 0.4) is 0 Å². The molecule has 422 valence electrons. The number of oxime groups is 1. The molecule has 0 aromatic heterocycles. The maximum Gasteiger partial charge on any atom is 0.265 e. The number of carbonyl (C=O) groups is 2. The first-order valence-electron chi connectivity index (χ1n) is 27.5. The van der Waals surface area contributed by atoms with Gasteiger partial charge in [-0.1, -0.05) is 70.1 Å². The van der Waals surface area contributed by atoms with Crippen LogP contribution in [-0.4, -0.2) is 113 Å². The number of nitrogens with zero attached hydrogens (tertiary/aromatic N) is 4. The topological polar surface area (TPSA) is 166 Å². The van der Waals surface area contributed by atoms with Gasteiger partial charge in [0.05, 0.1) is 32.7 Å². The second-order valence-electron chi connectivity index (χ2n) is 21.4.